The van der Waals surface area contributed by atoms with E-state index in [4.69, 9.17) is 0 Å². The van der Waals surface area contributed by atoms with Crippen LogP contribution in [0.3, 0.4) is 0 Å². The van der Waals surface area contributed by atoms with Gasteiger partial charge < -0.3 is 4.90 Å². The average molecular weight is 316 g/mol. The Kier molecular flexibility index (Phi) is 3.35. The lowest BCUT2D eigenvalue weighted by Crippen LogP contribution is -2.32. The number of amides is 3. The zero-order valence-electron chi connectivity index (χ0n) is 10.8. The molecule has 0 aliphatic carbocycles. The van der Waals surface area contributed by atoms with Crippen molar-refractivity contribution in [3.63, 3.8) is 0 Å². The van der Waals surface area contributed by atoms with E-state index in [1.807, 2.05) is 0 Å². The second-order valence-electron chi connectivity index (χ2n) is 4.89. The maximum atomic E-state index is 12.7. The number of carbonyl (C=O) groups excluding carboxylic acids is 2. The molecule has 2 aliphatic heterocycles. The molecule has 0 unspecified atom stereocenters. The first-order chi connectivity index (χ1) is 9.88. The van der Waals surface area contributed by atoms with Gasteiger partial charge >= 0.3 is 12.2 Å². The molecule has 0 spiro atoms. The first-order valence-corrected chi connectivity index (χ1v) is 7.39. The van der Waals surface area contributed by atoms with Gasteiger partial charge in [-0.25, -0.2) is 4.79 Å². The number of halogens is 3. The van der Waals surface area contributed by atoms with Crippen LogP contribution in [-0.2, 0) is 17.5 Å². The standard InChI is InChI=1S/C13H11F3N2O2S/c14-13(15,16)9-3-1-2-8(4-9)5-17-11(19)10-6-21-7-18(10)12(17)20/h1-4,10H,5-7H2/t10-/m0/s1. The third-order valence-corrected chi connectivity index (χ3v) is 4.52. The van der Waals surface area contributed by atoms with E-state index in [0.29, 0.717) is 17.2 Å². The van der Waals surface area contributed by atoms with Crippen molar-refractivity contribution in [2.45, 2.75) is 18.8 Å². The number of carbonyl (C=O) groups is 2. The van der Waals surface area contributed by atoms with Crippen molar-refractivity contribution in [1.29, 1.82) is 0 Å². The van der Waals surface area contributed by atoms with E-state index in [2.05, 4.69) is 0 Å². The Morgan fingerprint density at radius 1 is 1.29 bits per heavy atom. The van der Waals surface area contributed by atoms with Crippen LogP contribution in [0.25, 0.3) is 0 Å². The maximum absolute atomic E-state index is 12.7. The lowest BCUT2D eigenvalue weighted by molar-refractivity contribution is -0.137. The first-order valence-electron chi connectivity index (χ1n) is 6.24. The monoisotopic (exact) mass is 316 g/mol. The topological polar surface area (TPSA) is 40.6 Å². The van der Waals surface area contributed by atoms with E-state index < -0.39 is 23.8 Å². The summed E-state index contributed by atoms with van der Waals surface area (Å²) in [6, 6.07) is 3.81. The molecule has 112 valence electrons. The molecule has 0 aromatic heterocycles. The van der Waals surface area contributed by atoms with Crippen LogP contribution in [0.2, 0.25) is 0 Å². The van der Waals surface area contributed by atoms with Crippen molar-refractivity contribution in [3.05, 3.63) is 35.4 Å². The summed E-state index contributed by atoms with van der Waals surface area (Å²) in [4.78, 5) is 26.7. The van der Waals surface area contributed by atoms with Crippen molar-refractivity contribution >= 4 is 23.7 Å². The molecular weight excluding hydrogens is 305 g/mol. The summed E-state index contributed by atoms with van der Waals surface area (Å²) in [5.74, 6) is 0.667. The number of hydrogen-bond acceptors (Lipinski definition) is 3. The third kappa shape index (κ3) is 2.48. The number of hydrogen-bond donors (Lipinski definition) is 0. The Balaban J connectivity index is 1.81. The molecule has 0 saturated carbocycles. The Labute approximate surface area is 122 Å². The van der Waals surface area contributed by atoms with Crippen LogP contribution in [0, 0.1) is 0 Å². The number of thioether (sulfide) groups is 1. The van der Waals surface area contributed by atoms with E-state index in [9.17, 15) is 22.8 Å². The summed E-state index contributed by atoms with van der Waals surface area (Å²) in [6.07, 6.45) is -4.44. The smallest absolute Gasteiger partial charge is 0.302 e. The number of fused-ring (bicyclic) bond motifs is 1. The Bertz CT molecular complexity index is 583. The van der Waals surface area contributed by atoms with E-state index in [1.54, 1.807) is 0 Å². The molecule has 0 radical (unpaired) electrons. The van der Waals surface area contributed by atoms with Crippen molar-refractivity contribution in [2.75, 3.05) is 11.6 Å². The quantitative estimate of drug-likeness (QED) is 0.787. The van der Waals surface area contributed by atoms with Gasteiger partial charge in [0.25, 0.3) is 5.91 Å². The zero-order chi connectivity index (χ0) is 15.2. The normalized spacial score (nSPS) is 22.1. The third-order valence-electron chi connectivity index (χ3n) is 3.51. The van der Waals surface area contributed by atoms with E-state index in [-0.39, 0.29) is 12.5 Å². The number of nitrogens with zero attached hydrogens (tertiary/aromatic N) is 2. The highest BCUT2D eigenvalue weighted by atomic mass is 32.2. The van der Waals surface area contributed by atoms with Crippen LogP contribution in [0.1, 0.15) is 11.1 Å². The molecule has 1 aromatic carbocycles. The molecule has 2 heterocycles. The predicted octanol–water partition coefficient (Wildman–Crippen LogP) is 2.54. The van der Waals surface area contributed by atoms with Gasteiger partial charge in [0.05, 0.1) is 18.0 Å². The summed E-state index contributed by atoms with van der Waals surface area (Å²) in [6.45, 7) is -0.126. The van der Waals surface area contributed by atoms with Gasteiger partial charge in [-0.05, 0) is 17.7 Å². The van der Waals surface area contributed by atoms with Crippen molar-refractivity contribution in [2.24, 2.45) is 0 Å². The van der Waals surface area contributed by atoms with E-state index >= 15 is 0 Å². The maximum Gasteiger partial charge on any atom is 0.416 e. The number of imide groups is 1. The Morgan fingerprint density at radius 3 is 2.71 bits per heavy atom. The van der Waals surface area contributed by atoms with Crippen LogP contribution >= 0.6 is 11.8 Å². The fourth-order valence-corrected chi connectivity index (χ4v) is 3.58. The molecule has 0 N–H and O–H groups in total. The van der Waals surface area contributed by atoms with Gasteiger partial charge in [0, 0.05) is 5.75 Å². The van der Waals surface area contributed by atoms with Gasteiger partial charge in [-0.1, -0.05) is 12.1 Å². The Hall–Kier alpha value is -1.70. The summed E-state index contributed by atoms with van der Waals surface area (Å²) in [7, 11) is 0. The SMILES string of the molecule is O=C1[C@@H]2CSCN2C(=O)N1Cc1cccc(C(F)(F)F)c1. The minimum Gasteiger partial charge on any atom is -0.302 e. The van der Waals surface area contributed by atoms with Gasteiger partial charge in [0.15, 0.2) is 0 Å². The molecule has 2 fully saturated rings. The average Bonchev–Trinajstić information content (AvgIpc) is 2.98. The van der Waals surface area contributed by atoms with Crippen molar-refractivity contribution in [3.8, 4) is 0 Å². The molecule has 1 atom stereocenters. The van der Waals surface area contributed by atoms with Gasteiger partial charge in [-0.15, -0.1) is 11.8 Å². The van der Waals surface area contributed by atoms with Crippen LogP contribution in [0.4, 0.5) is 18.0 Å². The highest BCUT2D eigenvalue weighted by Gasteiger charge is 2.47. The molecule has 21 heavy (non-hydrogen) atoms. The van der Waals surface area contributed by atoms with Crippen LogP contribution in [0.5, 0.6) is 0 Å². The molecule has 0 bridgehead atoms. The second kappa shape index (κ2) is 4.94. The number of benzene rings is 1. The molecule has 8 heteroatoms. The van der Waals surface area contributed by atoms with Crippen molar-refractivity contribution in [1.82, 2.24) is 9.80 Å². The summed E-state index contributed by atoms with van der Waals surface area (Å²) >= 11 is 1.50. The van der Waals surface area contributed by atoms with Gasteiger partial charge in [0.2, 0.25) is 0 Å². The van der Waals surface area contributed by atoms with Crippen LogP contribution in [0.15, 0.2) is 24.3 Å². The highest BCUT2D eigenvalue weighted by Crippen LogP contribution is 2.32. The van der Waals surface area contributed by atoms with Gasteiger partial charge in [-0.3, -0.25) is 9.69 Å². The molecule has 4 nitrogen and oxygen atoms in total. The van der Waals surface area contributed by atoms with E-state index in [1.165, 1.54) is 28.8 Å². The fourth-order valence-electron chi connectivity index (χ4n) is 2.44. The number of rotatable bonds is 2. The molecule has 1 aromatic rings. The fraction of sp³-hybridized carbons (Fsp3) is 0.385. The highest BCUT2D eigenvalue weighted by molar-refractivity contribution is 7.99. The molecule has 3 amide bonds. The minimum atomic E-state index is -4.44. The van der Waals surface area contributed by atoms with Crippen LogP contribution in [-0.4, -0.2) is 39.4 Å². The van der Waals surface area contributed by atoms with Crippen LogP contribution < -0.4 is 0 Å². The summed E-state index contributed by atoms with van der Waals surface area (Å²) in [5.41, 5.74) is -0.490. The lowest BCUT2D eigenvalue weighted by Gasteiger charge is -2.16. The molecule has 3 rings (SSSR count). The predicted molar refractivity (Wildman–Crippen MR) is 70.3 cm³/mol. The molecular formula is C13H11F3N2O2S. The molecule has 2 aliphatic rings. The summed E-state index contributed by atoms with van der Waals surface area (Å²) in [5, 5.41) is 0. The van der Waals surface area contributed by atoms with Gasteiger partial charge in [0.1, 0.15) is 6.04 Å². The number of alkyl halides is 3. The minimum absolute atomic E-state index is 0.126. The largest absolute Gasteiger partial charge is 0.416 e. The van der Waals surface area contributed by atoms with Crippen molar-refractivity contribution < 1.29 is 22.8 Å². The zero-order valence-corrected chi connectivity index (χ0v) is 11.6. The number of urea groups is 1. The first kappa shape index (κ1) is 14.2. The summed E-state index contributed by atoms with van der Waals surface area (Å²) < 4.78 is 38.0. The molecule has 2 saturated heterocycles. The Morgan fingerprint density at radius 2 is 2.05 bits per heavy atom. The second-order valence-corrected chi connectivity index (χ2v) is 5.89. The van der Waals surface area contributed by atoms with E-state index in [0.717, 1.165) is 17.0 Å². The lowest BCUT2D eigenvalue weighted by atomic mass is 10.1. The van der Waals surface area contributed by atoms with Gasteiger partial charge in [-0.2, -0.15) is 13.2 Å².